The highest BCUT2D eigenvalue weighted by molar-refractivity contribution is 14.0. The Morgan fingerprint density at radius 2 is 1.84 bits per heavy atom. The molecule has 176 valence electrons. The summed E-state index contributed by atoms with van der Waals surface area (Å²) in [5.41, 5.74) is 0. The van der Waals surface area contributed by atoms with E-state index in [-0.39, 0.29) is 29.7 Å². The van der Waals surface area contributed by atoms with Gasteiger partial charge in [-0.05, 0) is 30.9 Å². The maximum absolute atomic E-state index is 12.7. The molecule has 3 rings (SSSR count). The number of hydrogen-bond acceptors (Lipinski definition) is 5. The van der Waals surface area contributed by atoms with Crippen LogP contribution in [0.3, 0.4) is 0 Å². The normalized spacial score (nSPS) is 18.6. The van der Waals surface area contributed by atoms with Crippen LogP contribution in [0.15, 0.2) is 29.4 Å². The topological polar surface area (TPSA) is 89.9 Å². The summed E-state index contributed by atoms with van der Waals surface area (Å²) in [7, 11) is -1.57. The molecule has 0 aromatic carbocycles. The van der Waals surface area contributed by atoms with E-state index in [0.29, 0.717) is 38.7 Å². The van der Waals surface area contributed by atoms with Gasteiger partial charge in [0.2, 0.25) is 10.0 Å². The van der Waals surface area contributed by atoms with E-state index in [1.54, 1.807) is 17.5 Å². The zero-order valence-electron chi connectivity index (χ0n) is 18.5. The molecule has 8 nitrogen and oxygen atoms in total. The van der Waals surface area contributed by atoms with Crippen molar-refractivity contribution in [3.05, 3.63) is 24.4 Å². The summed E-state index contributed by atoms with van der Waals surface area (Å²) >= 11 is 0. The number of aromatic nitrogens is 1. The molecule has 0 amide bonds. The van der Waals surface area contributed by atoms with Crippen molar-refractivity contribution >= 4 is 45.8 Å². The number of aliphatic imine (C=N–C) groups is 1. The molecule has 1 saturated heterocycles. The predicted molar refractivity (Wildman–Crippen MR) is 138 cm³/mol. The minimum Gasteiger partial charge on any atom is -0.356 e. The van der Waals surface area contributed by atoms with Crippen LogP contribution in [0, 0.1) is 5.92 Å². The van der Waals surface area contributed by atoms with Gasteiger partial charge in [0, 0.05) is 52.5 Å². The highest BCUT2D eigenvalue weighted by atomic mass is 127. The minimum absolute atomic E-state index is 0. The first-order valence-electron chi connectivity index (χ1n) is 11.2. The Kier molecular flexibility index (Phi) is 11.3. The third-order valence-corrected chi connectivity index (χ3v) is 7.91. The average molecular weight is 565 g/mol. The van der Waals surface area contributed by atoms with Crippen LogP contribution in [-0.4, -0.2) is 75.7 Å². The summed E-state index contributed by atoms with van der Waals surface area (Å²) in [6.45, 7) is 3.53. The molecule has 0 atom stereocenters. The fraction of sp³-hybridized carbons (Fsp3) is 0.714. The van der Waals surface area contributed by atoms with Crippen LogP contribution in [0.4, 0.5) is 5.82 Å². The Balaban J connectivity index is 0.00000341. The van der Waals surface area contributed by atoms with Crippen LogP contribution in [-0.2, 0) is 10.0 Å². The monoisotopic (exact) mass is 564 g/mol. The molecule has 0 spiro atoms. The molecule has 1 aliphatic heterocycles. The molecule has 2 heterocycles. The Morgan fingerprint density at radius 1 is 1.13 bits per heavy atom. The van der Waals surface area contributed by atoms with Gasteiger partial charge in [0.05, 0.1) is 5.75 Å². The Labute approximate surface area is 204 Å². The van der Waals surface area contributed by atoms with Crippen molar-refractivity contribution in [1.29, 1.82) is 0 Å². The molecule has 1 aromatic rings. The fourth-order valence-corrected chi connectivity index (χ4v) is 5.62. The molecule has 0 unspecified atom stereocenters. The molecule has 0 bridgehead atoms. The summed E-state index contributed by atoms with van der Waals surface area (Å²) in [5.74, 6) is 2.54. The molecular weight excluding hydrogens is 527 g/mol. The summed E-state index contributed by atoms with van der Waals surface area (Å²) < 4.78 is 27.0. The van der Waals surface area contributed by atoms with Gasteiger partial charge < -0.3 is 15.5 Å². The third kappa shape index (κ3) is 8.38. The molecule has 1 aromatic heterocycles. The number of hydrogen-bond donors (Lipinski definition) is 2. The highest BCUT2D eigenvalue weighted by Crippen LogP contribution is 2.28. The summed E-state index contributed by atoms with van der Waals surface area (Å²) in [4.78, 5) is 10.7. The lowest BCUT2D eigenvalue weighted by Gasteiger charge is -2.34. The third-order valence-electron chi connectivity index (χ3n) is 6.04. The van der Waals surface area contributed by atoms with Crippen LogP contribution < -0.4 is 15.5 Å². The molecule has 10 heteroatoms. The van der Waals surface area contributed by atoms with E-state index in [0.717, 1.165) is 24.7 Å². The minimum atomic E-state index is -3.29. The molecule has 1 aliphatic carbocycles. The van der Waals surface area contributed by atoms with Crippen LogP contribution in [0.1, 0.15) is 38.5 Å². The SMILES string of the molecule is CN=C(NCCCC1CCCC1)NCCS(=O)(=O)N1CCN(c2ccccn2)CC1.I. The van der Waals surface area contributed by atoms with Crippen molar-refractivity contribution in [1.82, 2.24) is 19.9 Å². The van der Waals surface area contributed by atoms with Crippen LogP contribution in [0.25, 0.3) is 0 Å². The number of piperazine rings is 1. The van der Waals surface area contributed by atoms with E-state index in [1.807, 2.05) is 18.2 Å². The van der Waals surface area contributed by atoms with Crippen molar-refractivity contribution < 1.29 is 8.42 Å². The van der Waals surface area contributed by atoms with Gasteiger partial charge in [-0.1, -0.05) is 31.7 Å². The van der Waals surface area contributed by atoms with Gasteiger partial charge in [-0.15, -0.1) is 24.0 Å². The second-order valence-electron chi connectivity index (χ2n) is 8.11. The molecule has 2 N–H and O–H groups in total. The van der Waals surface area contributed by atoms with E-state index in [1.165, 1.54) is 32.1 Å². The van der Waals surface area contributed by atoms with Crippen LogP contribution >= 0.6 is 24.0 Å². The standard InChI is InChI=1S/C21H36N6O2S.HI/c1-22-21(24-12-6-9-19-7-2-3-8-19)25-13-18-30(28,29)27-16-14-26(15-17-27)20-10-4-5-11-23-20;/h4-5,10-11,19H,2-3,6-9,12-18H2,1H3,(H2,22,24,25);1H. The van der Waals surface area contributed by atoms with Crippen molar-refractivity contribution in [2.45, 2.75) is 38.5 Å². The van der Waals surface area contributed by atoms with Crippen LogP contribution in [0.2, 0.25) is 0 Å². The van der Waals surface area contributed by atoms with Crippen molar-refractivity contribution in [3.8, 4) is 0 Å². The quantitative estimate of drug-likeness (QED) is 0.207. The smallest absolute Gasteiger partial charge is 0.215 e. The first kappa shape index (κ1) is 26.1. The molecule has 0 radical (unpaired) electrons. The molecular formula is C21H37IN6O2S. The van der Waals surface area contributed by atoms with E-state index < -0.39 is 10.0 Å². The molecule has 2 aliphatic rings. The van der Waals surface area contributed by atoms with Gasteiger partial charge in [-0.25, -0.2) is 13.4 Å². The highest BCUT2D eigenvalue weighted by Gasteiger charge is 2.27. The Bertz CT molecular complexity index is 763. The lowest BCUT2D eigenvalue weighted by atomic mass is 10.0. The van der Waals surface area contributed by atoms with E-state index in [2.05, 4.69) is 25.5 Å². The van der Waals surface area contributed by atoms with Gasteiger partial charge in [-0.3, -0.25) is 4.99 Å². The summed E-state index contributed by atoms with van der Waals surface area (Å²) in [6, 6.07) is 5.79. The average Bonchev–Trinajstić information content (AvgIpc) is 3.29. The van der Waals surface area contributed by atoms with E-state index in [4.69, 9.17) is 0 Å². The maximum atomic E-state index is 12.7. The number of guanidine groups is 1. The second-order valence-corrected chi connectivity index (χ2v) is 10.2. The lowest BCUT2D eigenvalue weighted by molar-refractivity contribution is 0.384. The first-order chi connectivity index (χ1) is 14.6. The van der Waals surface area contributed by atoms with Crippen molar-refractivity contribution in [3.63, 3.8) is 0 Å². The van der Waals surface area contributed by atoms with Gasteiger partial charge in [0.1, 0.15) is 5.82 Å². The van der Waals surface area contributed by atoms with Gasteiger partial charge in [0.15, 0.2) is 5.96 Å². The molecule has 31 heavy (non-hydrogen) atoms. The Hall–Kier alpha value is -1.14. The fourth-order valence-electron chi connectivity index (χ4n) is 4.28. The van der Waals surface area contributed by atoms with Crippen molar-refractivity contribution in [2.75, 3.05) is 57.0 Å². The number of nitrogens with zero attached hydrogens (tertiary/aromatic N) is 4. The van der Waals surface area contributed by atoms with E-state index in [9.17, 15) is 8.42 Å². The summed E-state index contributed by atoms with van der Waals surface area (Å²) in [6.07, 6.45) is 9.68. The molecule has 1 saturated carbocycles. The zero-order chi connectivity index (χ0) is 21.2. The number of rotatable bonds is 9. The number of nitrogens with one attached hydrogen (secondary N) is 2. The predicted octanol–water partition coefficient (Wildman–Crippen LogP) is 2.29. The summed E-state index contributed by atoms with van der Waals surface area (Å²) in [5, 5.41) is 6.44. The number of sulfonamides is 1. The lowest BCUT2D eigenvalue weighted by Crippen LogP contribution is -2.50. The van der Waals surface area contributed by atoms with Gasteiger partial charge >= 0.3 is 0 Å². The molecule has 2 fully saturated rings. The number of halogens is 1. The zero-order valence-corrected chi connectivity index (χ0v) is 21.6. The van der Waals surface area contributed by atoms with Crippen molar-refractivity contribution in [2.24, 2.45) is 10.9 Å². The largest absolute Gasteiger partial charge is 0.356 e. The van der Waals surface area contributed by atoms with Gasteiger partial charge in [-0.2, -0.15) is 4.31 Å². The Morgan fingerprint density at radius 3 is 2.48 bits per heavy atom. The van der Waals surface area contributed by atoms with Gasteiger partial charge in [0.25, 0.3) is 0 Å². The van der Waals surface area contributed by atoms with E-state index >= 15 is 0 Å². The first-order valence-corrected chi connectivity index (χ1v) is 12.8. The maximum Gasteiger partial charge on any atom is 0.215 e. The van der Waals surface area contributed by atoms with Crippen LogP contribution in [0.5, 0.6) is 0 Å². The number of pyridine rings is 1. The second kappa shape index (κ2) is 13.4. The number of anilines is 1.